The molecule has 4 rings (SSSR count). The van der Waals surface area contributed by atoms with E-state index in [0.717, 1.165) is 22.5 Å². The van der Waals surface area contributed by atoms with Crippen molar-refractivity contribution in [1.29, 1.82) is 0 Å². The Morgan fingerprint density at radius 1 is 0.652 bits per heavy atom. The van der Waals surface area contributed by atoms with Gasteiger partial charge in [-0.2, -0.15) is 10.2 Å². The van der Waals surface area contributed by atoms with Gasteiger partial charge in [0.2, 0.25) is 0 Å². The lowest BCUT2D eigenvalue weighted by molar-refractivity contribution is 1.09. The second-order valence-corrected chi connectivity index (χ2v) is 6.25. The molecule has 0 bridgehead atoms. The zero-order valence-corrected chi connectivity index (χ0v) is 13.0. The van der Waals surface area contributed by atoms with Gasteiger partial charge in [-0.25, -0.2) is 0 Å². The van der Waals surface area contributed by atoms with Crippen LogP contribution in [0.1, 0.15) is 0 Å². The Hall–Kier alpha value is -2.79. The van der Waals surface area contributed by atoms with Gasteiger partial charge in [0, 0.05) is 33.3 Å². The first kappa shape index (κ1) is 13.8. The first-order valence-corrected chi connectivity index (χ1v) is 8.08. The van der Waals surface area contributed by atoms with Crippen LogP contribution >= 0.6 is 11.8 Å². The third-order valence-electron chi connectivity index (χ3n) is 3.53. The fraction of sp³-hybridized carbons (Fsp3) is 0. The Bertz CT molecular complexity index is 823. The molecular weight excluding hydrogens is 304 g/mol. The van der Waals surface area contributed by atoms with E-state index >= 15 is 0 Å². The number of H-pyrrole nitrogens is 2. The molecule has 0 aliphatic rings. The van der Waals surface area contributed by atoms with E-state index in [2.05, 4.69) is 68.9 Å². The number of benzene rings is 2. The van der Waals surface area contributed by atoms with Crippen LogP contribution in [-0.2, 0) is 0 Å². The lowest BCUT2D eigenvalue weighted by atomic mass is 10.1. The Labute approximate surface area is 138 Å². The largest absolute Gasteiger partial charge is 0.278 e. The first-order chi connectivity index (χ1) is 11.4. The monoisotopic (exact) mass is 318 g/mol. The van der Waals surface area contributed by atoms with Crippen molar-refractivity contribution in [3.8, 4) is 22.5 Å². The fourth-order valence-corrected chi connectivity index (χ4v) is 3.36. The molecule has 23 heavy (non-hydrogen) atoms. The summed E-state index contributed by atoms with van der Waals surface area (Å²) in [5.41, 5.74) is 4.33. The van der Waals surface area contributed by atoms with Gasteiger partial charge in [-0.05, 0) is 36.4 Å². The molecule has 0 saturated heterocycles. The molecule has 2 heterocycles. The number of aromatic nitrogens is 4. The predicted octanol–water partition coefficient (Wildman–Crippen LogP) is 4.62. The number of hydrogen-bond donors (Lipinski definition) is 2. The number of hydrogen-bond acceptors (Lipinski definition) is 3. The number of rotatable bonds is 4. The smallest absolute Gasteiger partial charge is 0.0650 e. The number of nitrogens with zero attached hydrogens (tertiary/aromatic N) is 2. The van der Waals surface area contributed by atoms with Gasteiger partial charge in [0.15, 0.2) is 0 Å². The summed E-state index contributed by atoms with van der Waals surface area (Å²) in [4.78, 5) is 2.39. The molecule has 0 aliphatic heterocycles. The predicted molar refractivity (Wildman–Crippen MR) is 92.2 cm³/mol. The van der Waals surface area contributed by atoms with E-state index in [0.29, 0.717) is 0 Å². The van der Waals surface area contributed by atoms with Crippen molar-refractivity contribution in [1.82, 2.24) is 20.4 Å². The van der Waals surface area contributed by atoms with Crippen LogP contribution in [0.5, 0.6) is 0 Å². The molecule has 0 aliphatic carbocycles. The zero-order chi connectivity index (χ0) is 15.5. The number of aromatic amines is 2. The van der Waals surface area contributed by atoms with Crippen LogP contribution in [0.2, 0.25) is 0 Å². The molecule has 2 aromatic carbocycles. The van der Waals surface area contributed by atoms with Crippen molar-refractivity contribution in [3.63, 3.8) is 0 Å². The van der Waals surface area contributed by atoms with Crippen molar-refractivity contribution in [3.05, 3.63) is 73.1 Å². The third kappa shape index (κ3) is 3.05. The van der Waals surface area contributed by atoms with Crippen molar-refractivity contribution < 1.29 is 0 Å². The topological polar surface area (TPSA) is 57.4 Å². The summed E-state index contributed by atoms with van der Waals surface area (Å²) in [5.74, 6) is 0. The molecule has 0 unspecified atom stereocenters. The van der Waals surface area contributed by atoms with E-state index in [4.69, 9.17) is 0 Å². The van der Waals surface area contributed by atoms with Gasteiger partial charge in [0.05, 0.1) is 11.4 Å². The zero-order valence-electron chi connectivity index (χ0n) is 12.2. The quantitative estimate of drug-likeness (QED) is 0.577. The normalized spacial score (nSPS) is 10.8. The highest BCUT2D eigenvalue weighted by Gasteiger charge is 2.04. The lowest BCUT2D eigenvalue weighted by Crippen LogP contribution is -1.81. The third-order valence-corrected chi connectivity index (χ3v) is 4.51. The van der Waals surface area contributed by atoms with E-state index in [1.165, 1.54) is 9.79 Å². The minimum absolute atomic E-state index is 1.03. The summed E-state index contributed by atoms with van der Waals surface area (Å²) in [5, 5.41) is 14.0. The summed E-state index contributed by atoms with van der Waals surface area (Å²) < 4.78 is 0. The van der Waals surface area contributed by atoms with Gasteiger partial charge in [0.25, 0.3) is 0 Å². The standard InChI is InChI=1S/C18H14N4S/c1-3-13(17-7-9-19-21-17)11-15(5-1)23-16-6-2-4-14(12-16)18-8-10-20-22-18/h1-12H,(H,19,21)(H,20,22). The van der Waals surface area contributed by atoms with E-state index in [1.807, 2.05) is 12.1 Å². The average Bonchev–Trinajstić information content (AvgIpc) is 3.29. The van der Waals surface area contributed by atoms with Crippen molar-refractivity contribution in [2.75, 3.05) is 0 Å². The van der Waals surface area contributed by atoms with Crippen molar-refractivity contribution >= 4 is 11.8 Å². The van der Waals surface area contributed by atoms with Gasteiger partial charge in [0.1, 0.15) is 0 Å². The second-order valence-electron chi connectivity index (χ2n) is 5.10. The van der Waals surface area contributed by atoms with Crippen LogP contribution in [-0.4, -0.2) is 20.4 Å². The minimum atomic E-state index is 1.03. The summed E-state index contributed by atoms with van der Waals surface area (Å²) in [6, 6.07) is 20.8. The lowest BCUT2D eigenvalue weighted by Gasteiger charge is -2.06. The highest BCUT2D eigenvalue weighted by molar-refractivity contribution is 7.99. The van der Waals surface area contributed by atoms with E-state index in [9.17, 15) is 0 Å². The van der Waals surface area contributed by atoms with Gasteiger partial charge < -0.3 is 0 Å². The van der Waals surface area contributed by atoms with Crippen molar-refractivity contribution in [2.45, 2.75) is 9.79 Å². The van der Waals surface area contributed by atoms with E-state index < -0.39 is 0 Å². The van der Waals surface area contributed by atoms with E-state index in [1.54, 1.807) is 24.2 Å². The number of nitrogens with one attached hydrogen (secondary N) is 2. The van der Waals surface area contributed by atoms with Crippen LogP contribution in [0.4, 0.5) is 0 Å². The summed E-state index contributed by atoms with van der Waals surface area (Å²) >= 11 is 1.74. The summed E-state index contributed by atoms with van der Waals surface area (Å²) in [6.45, 7) is 0. The average molecular weight is 318 g/mol. The molecule has 112 valence electrons. The molecule has 4 aromatic rings. The molecule has 0 saturated carbocycles. The van der Waals surface area contributed by atoms with Crippen molar-refractivity contribution in [2.24, 2.45) is 0 Å². The Balaban J connectivity index is 1.61. The fourth-order valence-electron chi connectivity index (χ4n) is 2.42. The molecule has 2 N–H and O–H groups in total. The van der Waals surface area contributed by atoms with Gasteiger partial charge >= 0.3 is 0 Å². The molecule has 4 nitrogen and oxygen atoms in total. The van der Waals surface area contributed by atoms with Crippen LogP contribution in [0.3, 0.4) is 0 Å². The van der Waals surface area contributed by atoms with Crippen LogP contribution in [0, 0.1) is 0 Å². The van der Waals surface area contributed by atoms with Gasteiger partial charge in [-0.3, -0.25) is 10.2 Å². The van der Waals surface area contributed by atoms with Crippen LogP contribution in [0.25, 0.3) is 22.5 Å². The summed E-state index contributed by atoms with van der Waals surface area (Å²) in [7, 11) is 0. The molecule has 0 amide bonds. The second kappa shape index (κ2) is 6.14. The maximum absolute atomic E-state index is 4.01. The Morgan fingerprint density at radius 2 is 1.17 bits per heavy atom. The summed E-state index contributed by atoms with van der Waals surface area (Å²) in [6.07, 6.45) is 3.53. The highest BCUT2D eigenvalue weighted by Crippen LogP contribution is 2.32. The molecular formula is C18H14N4S. The maximum Gasteiger partial charge on any atom is 0.0650 e. The van der Waals surface area contributed by atoms with Crippen LogP contribution in [0.15, 0.2) is 82.8 Å². The maximum atomic E-state index is 4.01. The minimum Gasteiger partial charge on any atom is -0.278 e. The van der Waals surface area contributed by atoms with Crippen LogP contribution < -0.4 is 0 Å². The van der Waals surface area contributed by atoms with Gasteiger partial charge in [-0.1, -0.05) is 36.0 Å². The Morgan fingerprint density at radius 3 is 1.61 bits per heavy atom. The molecule has 2 aromatic heterocycles. The molecule has 0 fully saturated rings. The highest BCUT2D eigenvalue weighted by atomic mass is 32.2. The molecule has 0 radical (unpaired) electrons. The molecule has 0 atom stereocenters. The SMILES string of the molecule is c1cc(Sc2cccc(-c3ccn[nH]3)c2)cc(-c2ccn[nH]2)c1. The van der Waals surface area contributed by atoms with Gasteiger partial charge in [-0.15, -0.1) is 0 Å². The Kier molecular flexibility index (Phi) is 3.70. The molecule has 5 heteroatoms. The first-order valence-electron chi connectivity index (χ1n) is 7.26. The molecule has 0 spiro atoms. The van der Waals surface area contributed by atoms with E-state index in [-0.39, 0.29) is 0 Å².